The van der Waals surface area contributed by atoms with Gasteiger partial charge in [-0.05, 0) is 17.9 Å². The van der Waals surface area contributed by atoms with Crippen LogP contribution in [0.15, 0.2) is 36.7 Å². The van der Waals surface area contributed by atoms with Gasteiger partial charge in [0.15, 0.2) is 0 Å². The Morgan fingerprint density at radius 3 is 2.59 bits per heavy atom. The normalized spacial score (nSPS) is 12.6. The Morgan fingerprint density at radius 1 is 1.24 bits per heavy atom. The summed E-state index contributed by atoms with van der Waals surface area (Å²) in [6.07, 6.45) is 3.17. The van der Waals surface area contributed by atoms with Crippen molar-refractivity contribution in [1.29, 1.82) is 0 Å². The molecule has 2 rings (SSSR count). The van der Waals surface area contributed by atoms with E-state index in [-0.39, 0.29) is 12.5 Å². The van der Waals surface area contributed by atoms with Gasteiger partial charge in [0.25, 0.3) is 0 Å². The van der Waals surface area contributed by atoms with Gasteiger partial charge in [-0.1, -0.05) is 30.3 Å². The molecule has 0 saturated carbocycles. The molecule has 0 aliphatic heterocycles. The molecular formula is C13H17N3O. The zero-order valence-electron chi connectivity index (χ0n) is 9.95. The van der Waals surface area contributed by atoms with Crippen LogP contribution in [0.1, 0.15) is 11.4 Å². The summed E-state index contributed by atoms with van der Waals surface area (Å²) in [6.45, 7) is 0.168. The smallest absolute Gasteiger partial charge is 0.138 e. The van der Waals surface area contributed by atoms with Crippen molar-refractivity contribution >= 4 is 0 Å². The summed E-state index contributed by atoms with van der Waals surface area (Å²) in [5.41, 5.74) is 1.24. The highest BCUT2D eigenvalue weighted by Gasteiger charge is 2.12. The van der Waals surface area contributed by atoms with E-state index in [4.69, 9.17) is 0 Å². The summed E-state index contributed by atoms with van der Waals surface area (Å²) in [6, 6.07) is 10.2. The van der Waals surface area contributed by atoms with E-state index in [1.54, 1.807) is 11.0 Å². The third-order valence-electron chi connectivity index (χ3n) is 2.90. The second-order valence-corrected chi connectivity index (χ2v) is 4.24. The fourth-order valence-corrected chi connectivity index (χ4v) is 1.91. The standard InChI is InChI=1S/C13H17N3O/c1-16-13(14-10-15-16)8-12(9-17)7-11-5-3-2-4-6-11/h2-6,10,12,17H,7-9H2,1H3. The number of aliphatic hydroxyl groups is 1. The molecule has 1 unspecified atom stereocenters. The number of hydrogen-bond acceptors (Lipinski definition) is 3. The molecule has 0 saturated heterocycles. The van der Waals surface area contributed by atoms with Crippen molar-refractivity contribution in [2.45, 2.75) is 12.8 Å². The molecule has 17 heavy (non-hydrogen) atoms. The van der Waals surface area contributed by atoms with Crippen molar-refractivity contribution in [3.63, 3.8) is 0 Å². The van der Waals surface area contributed by atoms with Crippen molar-refractivity contribution in [2.75, 3.05) is 6.61 Å². The molecule has 4 nitrogen and oxygen atoms in total. The van der Waals surface area contributed by atoms with Crippen LogP contribution in [0, 0.1) is 5.92 Å². The van der Waals surface area contributed by atoms with Gasteiger partial charge in [-0.25, -0.2) is 4.98 Å². The molecule has 1 aromatic heterocycles. The van der Waals surface area contributed by atoms with E-state index in [1.165, 1.54) is 5.56 Å². The summed E-state index contributed by atoms with van der Waals surface area (Å²) in [5.74, 6) is 1.11. The van der Waals surface area contributed by atoms with Crippen molar-refractivity contribution in [2.24, 2.45) is 13.0 Å². The van der Waals surface area contributed by atoms with Crippen LogP contribution in [0.4, 0.5) is 0 Å². The highest BCUT2D eigenvalue weighted by molar-refractivity contribution is 5.15. The Morgan fingerprint density at radius 2 is 2.00 bits per heavy atom. The van der Waals surface area contributed by atoms with E-state index in [0.717, 1.165) is 18.7 Å². The monoisotopic (exact) mass is 231 g/mol. The minimum absolute atomic E-state index is 0.168. The van der Waals surface area contributed by atoms with Gasteiger partial charge < -0.3 is 5.11 Å². The van der Waals surface area contributed by atoms with Gasteiger partial charge in [-0.15, -0.1) is 0 Å². The summed E-state index contributed by atoms with van der Waals surface area (Å²) in [4.78, 5) is 4.19. The first kappa shape index (κ1) is 11.8. The van der Waals surface area contributed by atoms with Crippen LogP contribution in [-0.4, -0.2) is 26.5 Å². The fourth-order valence-electron chi connectivity index (χ4n) is 1.91. The zero-order valence-corrected chi connectivity index (χ0v) is 9.95. The molecule has 1 N–H and O–H groups in total. The average Bonchev–Trinajstić information content (AvgIpc) is 2.75. The van der Waals surface area contributed by atoms with Gasteiger partial charge in [0, 0.05) is 20.1 Å². The molecule has 0 fully saturated rings. The van der Waals surface area contributed by atoms with Crippen LogP contribution in [-0.2, 0) is 19.9 Å². The summed E-state index contributed by atoms with van der Waals surface area (Å²) in [7, 11) is 1.87. The predicted molar refractivity (Wildman–Crippen MR) is 65.4 cm³/mol. The lowest BCUT2D eigenvalue weighted by molar-refractivity contribution is 0.222. The van der Waals surface area contributed by atoms with Crippen LogP contribution in [0.2, 0.25) is 0 Å². The van der Waals surface area contributed by atoms with Crippen LogP contribution < -0.4 is 0 Å². The van der Waals surface area contributed by atoms with Crippen molar-refractivity contribution in [3.05, 3.63) is 48.0 Å². The SMILES string of the molecule is Cn1ncnc1CC(CO)Cc1ccccc1. The first-order valence-electron chi connectivity index (χ1n) is 5.77. The molecule has 0 amide bonds. The third-order valence-corrected chi connectivity index (χ3v) is 2.90. The molecule has 90 valence electrons. The Hall–Kier alpha value is -1.68. The molecule has 4 heteroatoms. The first-order valence-corrected chi connectivity index (χ1v) is 5.77. The van der Waals surface area contributed by atoms with E-state index in [2.05, 4.69) is 22.2 Å². The second kappa shape index (κ2) is 5.59. The lowest BCUT2D eigenvalue weighted by Gasteiger charge is -2.13. The number of aromatic nitrogens is 3. The van der Waals surface area contributed by atoms with Crippen LogP contribution in [0.3, 0.4) is 0 Å². The van der Waals surface area contributed by atoms with Gasteiger partial charge in [0.05, 0.1) is 0 Å². The van der Waals surface area contributed by atoms with Gasteiger partial charge in [0.1, 0.15) is 12.2 Å². The van der Waals surface area contributed by atoms with Gasteiger partial charge in [-0.3, -0.25) is 4.68 Å². The molecule has 2 aromatic rings. The predicted octanol–water partition coefficient (Wildman–Crippen LogP) is 1.21. The Labute approximate surface area is 101 Å². The van der Waals surface area contributed by atoms with E-state index in [0.29, 0.717) is 0 Å². The number of nitrogens with zero attached hydrogens (tertiary/aromatic N) is 3. The van der Waals surface area contributed by atoms with Gasteiger partial charge in [0.2, 0.25) is 0 Å². The largest absolute Gasteiger partial charge is 0.396 e. The third kappa shape index (κ3) is 3.14. The second-order valence-electron chi connectivity index (χ2n) is 4.24. The molecule has 0 spiro atoms. The number of hydrogen-bond donors (Lipinski definition) is 1. The topological polar surface area (TPSA) is 50.9 Å². The van der Waals surface area contributed by atoms with Gasteiger partial charge in [-0.2, -0.15) is 5.10 Å². The molecule has 1 atom stereocenters. The van der Waals surface area contributed by atoms with Crippen LogP contribution in [0.5, 0.6) is 0 Å². The quantitative estimate of drug-likeness (QED) is 0.841. The highest BCUT2D eigenvalue weighted by atomic mass is 16.3. The number of aryl methyl sites for hydroxylation is 1. The maximum absolute atomic E-state index is 9.42. The molecule has 0 aliphatic rings. The average molecular weight is 231 g/mol. The lowest BCUT2D eigenvalue weighted by Crippen LogP contribution is -2.15. The maximum Gasteiger partial charge on any atom is 0.138 e. The van der Waals surface area contributed by atoms with Crippen molar-refractivity contribution in [3.8, 4) is 0 Å². The minimum Gasteiger partial charge on any atom is -0.396 e. The Bertz CT molecular complexity index is 453. The molecule has 1 heterocycles. The van der Waals surface area contributed by atoms with Crippen molar-refractivity contribution in [1.82, 2.24) is 14.8 Å². The van der Waals surface area contributed by atoms with Gasteiger partial charge >= 0.3 is 0 Å². The van der Waals surface area contributed by atoms with Crippen LogP contribution in [0.25, 0.3) is 0 Å². The Balaban J connectivity index is 2.00. The fraction of sp³-hybridized carbons (Fsp3) is 0.385. The lowest BCUT2D eigenvalue weighted by atomic mass is 9.97. The minimum atomic E-state index is 0.168. The van der Waals surface area contributed by atoms with Crippen LogP contribution >= 0.6 is 0 Å². The molecule has 0 aliphatic carbocycles. The number of rotatable bonds is 5. The van der Waals surface area contributed by atoms with E-state index in [9.17, 15) is 5.11 Å². The van der Waals surface area contributed by atoms with E-state index >= 15 is 0 Å². The molecule has 0 radical (unpaired) electrons. The summed E-state index contributed by atoms with van der Waals surface area (Å²) >= 11 is 0. The number of aliphatic hydroxyl groups excluding tert-OH is 1. The number of benzene rings is 1. The maximum atomic E-state index is 9.42. The molecule has 1 aromatic carbocycles. The highest BCUT2D eigenvalue weighted by Crippen LogP contribution is 2.12. The summed E-state index contributed by atoms with van der Waals surface area (Å²) < 4.78 is 1.76. The van der Waals surface area contributed by atoms with E-state index < -0.39 is 0 Å². The van der Waals surface area contributed by atoms with Crippen molar-refractivity contribution < 1.29 is 5.11 Å². The molecule has 0 bridgehead atoms. The first-order chi connectivity index (χ1) is 8.29. The summed E-state index contributed by atoms with van der Waals surface area (Å²) in [5, 5.41) is 13.5. The van der Waals surface area contributed by atoms with E-state index in [1.807, 2.05) is 25.2 Å². The Kier molecular flexibility index (Phi) is 3.88. The zero-order chi connectivity index (χ0) is 12.1. The molecular weight excluding hydrogens is 214 g/mol.